The Labute approximate surface area is 218 Å². The highest BCUT2D eigenvalue weighted by atomic mass is 19.1. The maximum Gasteiger partial charge on any atom is 0.407 e. The summed E-state index contributed by atoms with van der Waals surface area (Å²) < 4.78 is 24.3. The van der Waals surface area contributed by atoms with Crippen molar-refractivity contribution in [3.63, 3.8) is 0 Å². The van der Waals surface area contributed by atoms with E-state index in [1.54, 1.807) is 18.5 Å². The van der Waals surface area contributed by atoms with Crippen molar-refractivity contribution >= 4 is 23.5 Å². The van der Waals surface area contributed by atoms with E-state index in [0.717, 1.165) is 31.0 Å². The van der Waals surface area contributed by atoms with Gasteiger partial charge in [0, 0.05) is 68.1 Å². The number of halogens is 1. The molecule has 1 saturated heterocycles. The van der Waals surface area contributed by atoms with E-state index in [1.165, 1.54) is 0 Å². The first-order valence-corrected chi connectivity index (χ1v) is 12.9. The highest BCUT2D eigenvalue weighted by molar-refractivity contribution is 5.67. The van der Waals surface area contributed by atoms with E-state index in [4.69, 9.17) is 9.72 Å². The minimum atomic E-state index is -1.31. The number of imidazole rings is 1. The van der Waals surface area contributed by atoms with Gasteiger partial charge in [0.25, 0.3) is 0 Å². The molecule has 2 aliphatic rings. The molecule has 6 rings (SSSR count). The third kappa shape index (κ3) is 4.93. The van der Waals surface area contributed by atoms with Gasteiger partial charge in [0.15, 0.2) is 5.82 Å². The summed E-state index contributed by atoms with van der Waals surface area (Å²) in [6, 6.07) is 5.91. The fraction of sp³-hybridized carbons (Fsp3) is 0.480. The van der Waals surface area contributed by atoms with E-state index >= 15 is 4.39 Å². The van der Waals surface area contributed by atoms with Crippen LogP contribution in [-0.2, 0) is 11.3 Å². The number of carbonyl (C=O) groups excluding carboxylic acids is 1. The highest BCUT2D eigenvalue weighted by Gasteiger charge is 2.41. The van der Waals surface area contributed by atoms with Gasteiger partial charge >= 0.3 is 6.09 Å². The van der Waals surface area contributed by atoms with Crippen LogP contribution < -0.4 is 10.6 Å². The second-order valence-corrected chi connectivity index (χ2v) is 10.3. The molecular weight excluding hydrogens is 491 g/mol. The largest absolute Gasteiger partial charge is 0.443 e. The zero-order valence-corrected chi connectivity index (χ0v) is 21.3. The zero-order valence-electron chi connectivity index (χ0n) is 21.3. The molecule has 2 fully saturated rings. The third-order valence-corrected chi connectivity index (χ3v) is 7.06. The summed E-state index contributed by atoms with van der Waals surface area (Å²) >= 11 is 0. The Hall–Kier alpha value is -4.00. The van der Waals surface area contributed by atoms with Gasteiger partial charge in [0.2, 0.25) is 5.95 Å². The van der Waals surface area contributed by atoms with E-state index in [2.05, 4.69) is 35.8 Å². The van der Waals surface area contributed by atoms with Crippen LogP contribution in [0.25, 0.3) is 5.65 Å². The number of ether oxygens (including phenoxy) is 1. The van der Waals surface area contributed by atoms with E-state index < -0.39 is 24.3 Å². The molecule has 13 heteroatoms. The Morgan fingerprint density at radius 3 is 2.95 bits per heavy atom. The van der Waals surface area contributed by atoms with Crippen molar-refractivity contribution < 1.29 is 13.9 Å². The number of fused-ring (bicyclic) bond motifs is 1. The van der Waals surface area contributed by atoms with Gasteiger partial charge in [-0.3, -0.25) is 19.1 Å². The van der Waals surface area contributed by atoms with Crippen molar-refractivity contribution in [2.24, 2.45) is 0 Å². The highest BCUT2D eigenvalue weighted by Crippen LogP contribution is 2.38. The molecule has 0 unspecified atom stereocenters. The molecule has 1 saturated carbocycles. The molecule has 0 aromatic carbocycles. The molecule has 38 heavy (non-hydrogen) atoms. The van der Waals surface area contributed by atoms with Crippen LogP contribution in [0.15, 0.2) is 43.0 Å². The lowest BCUT2D eigenvalue weighted by atomic mass is 10.0. The number of rotatable bonds is 8. The number of aromatic amines is 1. The molecule has 3 N–H and O–H groups in total. The van der Waals surface area contributed by atoms with Crippen LogP contribution in [0, 0.1) is 0 Å². The van der Waals surface area contributed by atoms with Gasteiger partial charge in [-0.25, -0.2) is 19.2 Å². The van der Waals surface area contributed by atoms with Gasteiger partial charge in [-0.05, 0) is 38.8 Å². The summed E-state index contributed by atoms with van der Waals surface area (Å²) in [5.74, 6) is 0.655. The predicted molar refractivity (Wildman–Crippen MR) is 137 cm³/mol. The fourth-order valence-electron chi connectivity index (χ4n) is 5.19. The fourth-order valence-corrected chi connectivity index (χ4v) is 5.19. The van der Waals surface area contributed by atoms with Crippen LogP contribution in [0.1, 0.15) is 50.0 Å². The molecule has 0 spiro atoms. The van der Waals surface area contributed by atoms with Gasteiger partial charge < -0.3 is 15.4 Å². The molecule has 1 aliphatic carbocycles. The first-order chi connectivity index (χ1) is 18.4. The number of nitrogens with one attached hydrogen (secondary N) is 3. The van der Waals surface area contributed by atoms with Gasteiger partial charge in [-0.2, -0.15) is 10.2 Å². The molecule has 3 atom stereocenters. The molecule has 0 radical (unpaired) electrons. The quantitative estimate of drug-likeness (QED) is 0.322. The number of amides is 1. The standard InChI is InChI=1S/C25H31FN10O2/c1-15(2)29-25(37)38-20-5-4-18(23(20)26)19-10-21(33-32-19)31-24-27-8-6-22-30-16(12-35(22)24)11-34-13-17(14-34)36-9-3-7-28-36/h3,6-10,12,15,17-18,20,23H,4-5,11,13-14H2,1-2H3,(H,29,37)(H2,27,31,32,33)/t18-,20-,23+/m1/s1. The summed E-state index contributed by atoms with van der Waals surface area (Å²) in [4.78, 5) is 23.4. The Morgan fingerprint density at radius 2 is 2.16 bits per heavy atom. The van der Waals surface area contributed by atoms with Crippen LogP contribution in [0.3, 0.4) is 0 Å². The molecule has 12 nitrogen and oxygen atoms in total. The molecule has 1 amide bonds. The van der Waals surface area contributed by atoms with Crippen LogP contribution >= 0.6 is 0 Å². The molecule has 0 bridgehead atoms. The van der Waals surface area contributed by atoms with E-state index in [0.29, 0.717) is 36.3 Å². The number of hydrogen-bond acceptors (Lipinski definition) is 8. The predicted octanol–water partition coefficient (Wildman–Crippen LogP) is 3.17. The second-order valence-electron chi connectivity index (χ2n) is 10.3. The summed E-state index contributed by atoms with van der Waals surface area (Å²) in [5.41, 5.74) is 2.37. The number of likely N-dealkylation sites (tertiary alicyclic amines) is 1. The summed E-state index contributed by atoms with van der Waals surface area (Å²) in [6.45, 7) is 6.26. The Balaban J connectivity index is 1.09. The van der Waals surface area contributed by atoms with Crippen LogP contribution in [0.2, 0.25) is 0 Å². The van der Waals surface area contributed by atoms with Gasteiger partial charge in [0.1, 0.15) is 17.9 Å². The summed E-state index contributed by atoms with van der Waals surface area (Å²) in [5, 5.41) is 17.4. The monoisotopic (exact) mass is 522 g/mol. The molecule has 4 aromatic rings. The minimum absolute atomic E-state index is 0.0700. The number of hydrogen-bond donors (Lipinski definition) is 3. The van der Waals surface area contributed by atoms with E-state index in [-0.39, 0.29) is 6.04 Å². The van der Waals surface area contributed by atoms with Crippen molar-refractivity contribution in [1.29, 1.82) is 0 Å². The van der Waals surface area contributed by atoms with Crippen molar-refractivity contribution in [1.82, 2.24) is 44.6 Å². The number of alkyl carbamates (subject to hydrolysis) is 1. The zero-order chi connectivity index (χ0) is 26.2. The number of alkyl halides is 1. The van der Waals surface area contributed by atoms with Crippen LogP contribution in [0.5, 0.6) is 0 Å². The maximum absolute atomic E-state index is 15.1. The summed E-state index contributed by atoms with van der Waals surface area (Å²) in [6.07, 6.45) is 5.79. The lowest BCUT2D eigenvalue weighted by molar-refractivity contribution is 0.0555. The first kappa shape index (κ1) is 24.3. The molecule has 5 heterocycles. The topological polar surface area (TPSA) is 130 Å². The number of anilines is 2. The van der Waals surface area contributed by atoms with E-state index in [9.17, 15) is 4.79 Å². The van der Waals surface area contributed by atoms with Crippen molar-refractivity contribution in [3.05, 3.63) is 54.4 Å². The Morgan fingerprint density at radius 1 is 1.29 bits per heavy atom. The van der Waals surface area contributed by atoms with Gasteiger partial charge in [-0.1, -0.05) is 0 Å². The summed E-state index contributed by atoms with van der Waals surface area (Å²) in [7, 11) is 0. The average Bonchev–Trinajstić information content (AvgIpc) is 3.64. The molecule has 200 valence electrons. The minimum Gasteiger partial charge on any atom is -0.443 e. The number of H-pyrrole nitrogens is 1. The SMILES string of the molecule is CC(C)NC(=O)O[C@@H]1CC[C@H](c2cc(Nc3nccc4nc(CN5CC(n6cccn6)C5)cn34)n[nH]2)[C@@H]1F. The third-order valence-electron chi connectivity index (χ3n) is 7.06. The maximum atomic E-state index is 15.1. The number of nitrogens with zero attached hydrogens (tertiary/aromatic N) is 7. The average molecular weight is 523 g/mol. The first-order valence-electron chi connectivity index (χ1n) is 12.9. The molecule has 1 aliphatic heterocycles. The normalized spacial score (nSPS) is 22.2. The smallest absolute Gasteiger partial charge is 0.407 e. The van der Waals surface area contributed by atoms with Crippen molar-refractivity contribution in [2.75, 3.05) is 18.4 Å². The van der Waals surface area contributed by atoms with Crippen LogP contribution in [-0.4, -0.2) is 76.7 Å². The second kappa shape index (κ2) is 10.0. The van der Waals surface area contributed by atoms with E-state index in [1.807, 2.05) is 47.5 Å². The number of aromatic nitrogens is 7. The molecular formula is C25H31FN10O2. The Bertz CT molecular complexity index is 1390. The lowest BCUT2D eigenvalue weighted by Gasteiger charge is -2.38. The van der Waals surface area contributed by atoms with Crippen molar-refractivity contribution in [2.45, 2.75) is 63.5 Å². The van der Waals surface area contributed by atoms with Gasteiger partial charge in [0.05, 0.1) is 11.7 Å². The lowest BCUT2D eigenvalue weighted by Crippen LogP contribution is -2.47. The Kier molecular flexibility index (Phi) is 6.44. The van der Waals surface area contributed by atoms with Crippen LogP contribution in [0.4, 0.5) is 21.0 Å². The van der Waals surface area contributed by atoms with Crippen molar-refractivity contribution in [3.8, 4) is 0 Å². The van der Waals surface area contributed by atoms with Gasteiger partial charge in [-0.15, -0.1) is 0 Å². The number of carbonyl (C=O) groups is 1. The molecule has 4 aromatic heterocycles.